The second-order valence-electron chi connectivity index (χ2n) is 5.58. The van der Waals surface area contributed by atoms with Gasteiger partial charge in [-0.1, -0.05) is 0 Å². The second-order valence-corrected chi connectivity index (χ2v) is 5.58. The molecular formula is C18H15N3O5. The van der Waals surface area contributed by atoms with Gasteiger partial charge >= 0.3 is 0 Å². The first-order valence-electron chi connectivity index (χ1n) is 7.92. The third-order valence-corrected chi connectivity index (χ3v) is 3.93. The summed E-state index contributed by atoms with van der Waals surface area (Å²) in [4.78, 5) is 24.2. The Labute approximate surface area is 149 Å². The Balaban J connectivity index is 1.79. The maximum Gasteiger partial charge on any atom is 0.269 e. The number of furan rings is 1. The number of hydrogen-bond donors (Lipinski definition) is 0. The molecule has 1 aromatic carbocycles. The maximum absolute atomic E-state index is 12.4. The minimum absolute atomic E-state index is 0.0108. The molecule has 1 aromatic heterocycles. The predicted molar refractivity (Wildman–Crippen MR) is 91.8 cm³/mol. The first-order chi connectivity index (χ1) is 12.6. The molecule has 0 aliphatic carbocycles. The highest BCUT2D eigenvalue weighted by molar-refractivity contribution is 6.01. The number of carbonyl (C=O) groups is 1. The lowest BCUT2D eigenvalue weighted by molar-refractivity contribution is -0.384. The third-order valence-electron chi connectivity index (χ3n) is 3.93. The fraction of sp³-hybridized carbons (Fsp3) is 0.222. The Morgan fingerprint density at radius 1 is 1.19 bits per heavy atom. The molecule has 0 spiro atoms. The lowest BCUT2D eigenvalue weighted by Crippen LogP contribution is -2.41. The van der Waals surface area contributed by atoms with Crippen LogP contribution in [0.5, 0.6) is 0 Å². The number of nitro benzene ring substituents is 1. The van der Waals surface area contributed by atoms with Gasteiger partial charge in [0.25, 0.3) is 11.6 Å². The largest absolute Gasteiger partial charge is 0.457 e. The average Bonchev–Trinajstić information content (AvgIpc) is 3.15. The first-order valence-corrected chi connectivity index (χ1v) is 7.92. The number of nitriles is 1. The number of non-ortho nitro benzene ring substituents is 1. The van der Waals surface area contributed by atoms with Crippen molar-refractivity contribution in [2.45, 2.75) is 0 Å². The van der Waals surface area contributed by atoms with Gasteiger partial charge in [0.05, 0.1) is 18.1 Å². The number of rotatable bonds is 4. The Kier molecular flexibility index (Phi) is 5.10. The zero-order chi connectivity index (χ0) is 18.5. The molecule has 3 rings (SSSR count). The van der Waals surface area contributed by atoms with Crippen molar-refractivity contribution in [2.24, 2.45) is 0 Å². The van der Waals surface area contributed by atoms with E-state index in [1.54, 1.807) is 29.2 Å². The van der Waals surface area contributed by atoms with E-state index in [1.807, 2.05) is 6.07 Å². The van der Waals surface area contributed by atoms with Crippen LogP contribution in [-0.2, 0) is 9.53 Å². The third kappa shape index (κ3) is 3.79. The highest BCUT2D eigenvalue weighted by atomic mass is 16.6. The van der Waals surface area contributed by atoms with Gasteiger partial charge in [0.15, 0.2) is 0 Å². The van der Waals surface area contributed by atoms with Gasteiger partial charge in [-0.2, -0.15) is 5.26 Å². The molecule has 0 bridgehead atoms. The normalized spacial score (nSPS) is 14.7. The molecule has 1 aliphatic rings. The van der Waals surface area contributed by atoms with Gasteiger partial charge in [-0.3, -0.25) is 14.9 Å². The zero-order valence-corrected chi connectivity index (χ0v) is 13.8. The standard InChI is InChI=1S/C18H15N3O5/c19-12-14(18(22)20-7-9-25-10-8-20)11-16-5-6-17(26-16)13-1-3-15(4-2-13)21(23)24/h1-6,11H,7-10H2. The number of amides is 1. The summed E-state index contributed by atoms with van der Waals surface area (Å²) in [6.07, 6.45) is 1.40. The number of benzene rings is 1. The van der Waals surface area contributed by atoms with E-state index in [0.717, 1.165) is 0 Å². The molecular weight excluding hydrogens is 338 g/mol. The molecule has 132 valence electrons. The van der Waals surface area contributed by atoms with Crippen molar-refractivity contribution in [3.8, 4) is 17.4 Å². The van der Waals surface area contributed by atoms with Gasteiger partial charge < -0.3 is 14.1 Å². The molecule has 2 aromatic rings. The van der Waals surface area contributed by atoms with Crippen molar-refractivity contribution >= 4 is 17.7 Å². The molecule has 8 nitrogen and oxygen atoms in total. The van der Waals surface area contributed by atoms with Gasteiger partial charge in [-0.15, -0.1) is 0 Å². The van der Waals surface area contributed by atoms with E-state index in [9.17, 15) is 20.2 Å². The summed E-state index contributed by atoms with van der Waals surface area (Å²) >= 11 is 0. The summed E-state index contributed by atoms with van der Waals surface area (Å²) in [6, 6.07) is 11.2. The van der Waals surface area contributed by atoms with Crippen molar-refractivity contribution in [1.82, 2.24) is 4.90 Å². The topological polar surface area (TPSA) is 110 Å². The maximum atomic E-state index is 12.4. The lowest BCUT2D eigenvalue weighted by atomic mass is 10.1. The van der Waals surface area contributed by atoms with Gasteiger partial charge in [-0.25, -0.2) is 0 Å². The molecule has 0 atom stereocenters. The highest BCUT2D eigenvalue weighted by Crippen LogP contribution is 2.25. The van der Waals surface area contributed by atoms with Crippen LogP contribution < -0.4 is 0 Å². The second kappa shape index (κ2) is 7.63. The van der Waals surface area contributed by atoms with Crippen molar-refractivity contribution < 1.29 is 18.9 Å². The van der Waals surface area contributed by atoms with Gasteiger partial charge in [0.2, 0.25) is 0 Å². The smallest absolute Gasteiger partial charge is 0.269 e. The van der Waals surface area contributed by atoms with Crippen LogP contribution in [0.4, 0.5) is 5.69 Å². The molecule has 1 saturated heterocycles. The fourth-order valence-corrected chi connectivity index (χ4v) is 2.55. The van der Waals surface area contributed by atoms with Gasteiger partial charge in [0.1, 0.15) is 23.2 Å². The van der Waals surface area contributed by atoms with Crippen LogP contribution in [0.2, 0.25) is 0 Å². The van der Waals surface area contributed by atoms with Crippen LogP contribution in [0.1, 0.15) is 5.76 Å². The molecule has 0 saturated carbocycles. The van der Waals surface area contributed by atoms with Crippen LogP contribution in [0.25, 0.3) is 17.4 Å². The number of nitrogens with zero attached hydrogens (tertiary/aromatic N) is 3. The Bertz CT molecular complexity index is 886. The Morgan fingerprint density at radius 3 is 2.50 bits per heavy atom. The van der Waals surface area contributed by atoms with Crippen molar-refractivity contribution in [3.05, 3.63) is 57.8 Å². The molecule has 0 N–H and O–H groups in total. The molecule has 1 fully saturated rings. The zero-order valence-electron chi connectivity index (χ0n) is 13.8. The van der Waals surface area contributed by atoms with Crippen molar-refractivity contribution in [2.75, 3.05) is 26.3 Å². The van der Waals surface area contributed by atoms with Gasteiger partial charge in [0, 0.05) is 36.9 Å². The summed E-state index contributed by atoms with van der Waals surface area (Å²) in [7, 11) is 0. The summed E-state index contributed by atoms with van der Waals surface area (Å²) < 4.78 is 10.8. The summed E-state index contributed by atoms with van der Waals surface area (Å²) in [5.41, 5.74) is 0.632. The monoisotopic (exact) mass is 353 g/mol. The van der Waals surface area contributed by atoms with E-state index >= 15 is 0 Å². The number of hydrogen-bond acceptors (Lipinski definition) is 6. The van der Waals surface area contributed by atoms with E-state index in [0.29, 0.717) is 43.4 Å². The lowest BCUT2D eigenvalue weighted by Gasteiger charge is -2.26. The predicted octanol–water partition coefficient (Wildman–Crippen LogP) is 2.62. The van der Waals surface area contributed by atoms with E-state index in [1.165, 1.54) is 18.2 Å². The molecule has 0 unspecified atom stereocenters. The Morgan fingerprint density at radius 2 is 1.88 bits per heavy atom. The van der Waals surface area contributed by atoms with Gasteiger partial charge in [-0.05, 0) is 24.3 Å². The van der Waals surface area contributed by atoms with Crippen molar-refractivity contribution in [3.63, 3.8) is 0 Å². The minimum atomic E-state index is -0.476. The van der Waals surface area contributed by atoms with E-state index in [2.05, 4.69) is 0 Å². The number of ether oxygens (including phenoxy) is 1. The number of morpholine rings is 1. The molecule has 2 heterocycles. The van der Waals surface area contributed by atoms with Crippen LogP contribution in [0.15, 0.2) is 46.4 Å². The van der Waals surface area contributed by atoms with Crippen LogP contribution in [0.3, 0.4) is 0 Å². The number of carbonyl (C=O) groups excluding carboxylic acids is 1. The molecule has 26 heavy (non-hydrogen) atoms. The molecule has 0 radical (unpaired) electrons. The summed E-state index contributed by atoms with van der Waals surface area (Å²) in [6.45, 7) is 1.80. The molecule has 1 aliphatic heterocycles. The average molecular weight is 353 g/mol. The van der Waals surface area contributed by atoms with E-state index in [-0.39, 0.29) is 17.2 Å². The van der Waals surface area contributed by atoms with Crippen LogP contribution in [0, 0.1) is 21.4 Å². The van der Waals surface area contributed by atoms with Crippen molar-refractivity contribution in [1.29, 1.82) is 5.26 Å². The van der Waals surface area contributed by atoms with E-state index < -0.39 is 4.92 Å². The molecule has 1 amide bonds. The quantitative estimate of drug-likeness (QED) is 0.362. The SMILES string of the molecule is N#CC(=Cc1ccc(-c2ccc([N+](=O)[O-])cc2)o1)C(=O)N1CCOCC1. The van der Waals surface area contributed by atoms with E-state index in [4.69, 9.17) is 9.15 Å². The Hall–Kier alpha value is -3.44. The summed E-state index contributed by atoms with van der Waals surface area (Å²) in [5, 5.41) is 20.0. The fourth-order valence-electron chi connectivity index (χ4n) is 2.55. The van der Waals surface area contributed by atoms with Crippen LogP contribution >= 0.6 is 0 Å². The molecule has 8 heteroatoms. The number of nitro groups is 1. The summed E-state index contributed by atoms with van der Waals surface area (Å²) in [5.74, 6) is 0.489. The highest BCUT2D eigenvalue weighted by Gasteiger charge is 2.21. The van der Waals surface area contributed by atoms with Crippen LogP contribution in [-0.4, -0.2) is 42.0 Å². The first kappa shape index (κ1) is 17.4. The minimum Gasteiger partial charge on any atom is -0.457 e.